The normalized spacial score (nSPS) is 16.9. The molecule has 3 rings (SSSR count). The van der Waals surface area contributed by atoms with E-state index in [9.17, 15) is 4.79 Å². The molecule has 0 saturated heterocycles. The first-order valence-electron chi connectivity index (χ1n) is 5.98. The van der Waals surface area contributed by atoms with Gasteiger partial charge in [0.05, 0.1) is 5.56 Å². The minimum atomic E-state index is -0.458. The second-order valence-corrected chi connectivity index (χ2v) is 4.84. The van der Waals surface area contributed by atoms with Crippen LogP contribution in [-0.2, 0) is 4.74 Å². The number of halogens is 1. The van der Waals surface area contributed by atoms with Crippen molar-refractivity contribution in [1.82, 2.24) is 0 Å². The van der Waals surface area contributed by atoms with E-state index in [-0.39, 0.29) is 5.97 Å². The second-order valence-electron chi connectivity index (χ2n) is 4.43. The van der Waals surface area contributed by atoms with Gasteiger partial charge in [-0.25, -0.2) is 4.79 Å². The fourth-order valence-electron chi connectivity index (χ4n) is 2.16. The first-order chi connectivity index (χ1) is 9.16. The number of nitrogens with one attached hydrogen (secondary N) is 1. The van der Waals surface area contributed by atoms with Gasteiger partial charge < -0.3 is 10.1 Å². The van der Waals surface area contributed by atoms with Crippen LogP contribution in [0.1, 0.15) is 27.7 Å². The highest BCUT2D eigenvalue weighted by molar-refractivity contribution is 6.31. The summed E-state index contributed by atoms with van der Waals surface area (Å²) in [5, 5.41) is 3.89. The van der Waals surface area contributed by atoms with Crippen LogP contribution in [0.2, 0.25) is 5.02 Å². The predicted octanol–water partition coefficient (Wildman–Crippen LogP) is 3.93. The molecule has 0 aliphatic carbocycles. The van der Waals surface area contributed by atoms with Gasteiger partial charge in [0.25, 0.3) is 0 Å². The van der Waals surface area contributed by atoms with Crippen LogP contribution in [0.4, 0.5) is 5.69 Å². The molecule has 1 atom stereocenters. The van der Waals surface area contributed by atoms with Crippen molar-refractivity contribution in [3.05, 3.63) is 64.2 Å². The van der Waals surface area contributed by atoms with Crippen LogP contribution >= 0.6 is 11.6 Å². The molecular weight excluding hydrogens is 262 g/mol. The molecule has 1 heterocycles. The van der Waals surface area contributed by atoms with E-state index in [1.807, 2.05) is 43.3 Å². The van der Waals surface area contributed by atoms with Gasteiger partial charge in [-0.15, -0.1) is 0 Å². The Hall–Kier alpha value is -2.00. The molecule has 3 nitrogen and oxygen atoms in total. The molecule has 0 bridgehead atoms. The van der Waals surface area contributed by atoms with Crippen molar-refractivity contribution in [3.63, 3.8) is 0 Å². The van der Waals surface area contributed by atoms with Crippen molar-refractivity contribution in [2.24, 2.45) is 0 Å². The molecule has 2 aromatic carbocycles. The van der Waals surface area contributed by atoms with Crippen LogP contribution in [0.3, 0.4) is 0 Å². The monoisotopic (exact) mass is 273 g/mol. The van der Waals surface area contributed by atoms with Crippen LogP contribution in [-0.4, -0.2) is 5.97 Å². The maximum absolute atomic E-state index is 11.7. The van der Waals surface area contributed by atoms with Gasteiger partial charge in [-0.1, -0.05) is 35.9 Å². The number of anilines is 1. The van der Waals surface area contributed by atoms with Crippen LogP contribution in [0, 0.1) is 6.92 Å². The molecule has 2 aromatic rings. The number of carbonyl (C=O) groups excluding carboxylic acids is 1. The average Bonchev–Trinajstić information content (AvgIpc) is 2.73. The van der Waals surface area contributed by atoms with E-state index in [0.29, 0.717) is 10.6 Å². The van der Waals surface area contributed by atoms with Crippen molar-refractivity contribution in [2.45, 2.75) is 13.2 Å². The molecule has 0 spiro atoms. The van der Waals surface area contributed by atoms with E-state index in [1.54, 1.807) is 6.07 Å². The van der Waals surface area contributed by atoms with E-state index in [2.05, 4.69) is 5.32 Å². The van der Waals surface area contributed by atoms with Crippen molar-refractivity contribution in [1.29, 1.82) is 0 Å². The van der Waals surface area contributed by atoms with Gasteiger partial charge >= 0.3 is 5.97 Å². The summed E-state index contributed by atoms with van der Waals surface area (Å²) < 4.78 is 5.34. The largest absolute Gasteiger partial charge is 0.434 e. The number of ether oxygens (including phenoxy) is 1. The molecule has 0 radical (unpaired) electrons. The van der Waals surface area contributed by atoms with Gasteiger partial charge in [0.1, 0.15) is 0 Å². The highest BCUT2D eigenvalue weighted by Crippen LogP contribution is 2.33. The SMILES string of the molecule is Cc1c(Cl)cccc1NC1OC(=O)c2ccccc21. The summed E-state index contributed by atoms with van der Waals surface area (Å²) in [7, 11) is 0. The van der Waals surface area contributed by atoms with E-state index in [0.717, 1.165) is 16.8 Å². The summed E-state index contributed by atoms with van der Waals surface area (Å²) in [6, 6.07) is 13.0. The first-order valence-corrected chi connectivity index (χ1v) is 6.36. The molecule has 96 valence electrons. The van der Waals surface area contributed by atoms with Gasteiger partial charge in [-0.3, -0.25) is 0 Å². The maximum Gasteiger partial charge on any atom is 0.340 e. The molecule has 1 aliphatic rings. The molecule has 4 heteroatoms. The number of rotatable bonds is 2. The van der Waals surface area contributed by atoms with Gasteiger partial charge in [0, 0.05) is 16.3 Å². The summed E-state index contributed by atoms with van der Waals surface area (Å²) in [6.07, 6.45) is -0.458. The Morgan fingerprint density at radius 2 is 1.95 bits per heavy atom. The van der Waals surface area contributed by atoms with E-state index >= 15 is 0 Å². The Kier molecular flexibility index (Phi) is 2.91. The Labute approximate surface area is 116 Å². The molecule has 1 aliphatic heterocycles. The van der Waals surface area contributed by atoms with Gasteiger partial charge in [0.15, 0.2) is 0 Å². The smallest absolute Gasteiger partial charge is 0.340 e. The number of cyclic esters (lactones) is 1. The fraction of sp³-hybridized carbons (Fsp3) is 0.133. The maximum atomic E-state index is 11.7. The Morgan fingerprint density at radius 1 is 1.16 bits per heavy atom. The predicted molar refractivity (Wildman–Crippen MR) is 74.4 cm³/mol. The molecule has 0 amide bonds. The van der Waals surface area contributed by atoms with Crippen LogP contribution in [0.25, 0.3) is 0 Å². The van der Waals surface area contributed by atoms with Crippen LogP contribution in [0.5, 0.6) is 0 Å². The van der Waals surface area contributed by atoms with Crippen LogP contribution in [0.15, 0.2) is 42.5 Å². The summed E-state index contributed by atoms with van der Waals surface area (Å²) >= 11 is 6.08. The van der Waals surface area contributed by atoms with Crippen molar-refractivity contribution < 1.29 is 9.53 Å². The Balaban J connectivity index is 1.94. The molecule has 0 aromatic heterocycles. The van der Waals surface area contributed by atoms with Gasteiger partial charge in [-0.05, 0) is 30.7 Å². The number of hydrogen-bond acceptors (Lipinski definition) is 3. The standard InChI is InChI=1S/C15H12ClNO2/c1-9-12(16)7-4-8-13(9)17-14-10-5-2-3-6-11(10)15(18)19-14/h2-8,14,17H,1H3. The average molecular weight is 274 g/mol. The molecular formula is C15H12ClNO2. The zero-order chi connectivity index (χ0) is 13.4. The van der Waals surface area contributed by atoms with Crippen LogP contribution < -0.4 is 5.32 Å². The van der Waals surface area contributed by atoms with Crippen molar-refractivity contribution >= 4 is 23.3 Å². The molecule has 1 unspecified atom stereocenters. The third-order valence-electron chi connectivity index (χ3n) is 3.24. The Bertz CT molecular complexity index is 654. The van der Waals surface area contributed by atoms with E-state index < -0.39 is 6.23 Å². The summed E-state index contributed by atoms with van der Waals surface area (Å²) in [5.41, 5.74) is 3.26. The lowest BCUT2D eigenvalue weighted by molar-refractivity contribution is 0.0437. The Morgan fingerprint density at radius 3 is 2.79 bits per heavy atom. The number of esters is 1. The highest BCUT2D eigenvalue weighted by Gasteiger charge is 2.30. The molecule has 19 heavy (non-hydrogen) atoms. The second kappa shape index (κ2) is 4.59. The van der Waals surface area contributed by atoms with E-state index in [1.165, 1.54) is 0 Å². The van der Waals surface area contributed by atoms with Crippen molar-refractivity contribution in [3.8, 4) is 0 Å². The zero-order valence-electron chi connectivity index (χ0n) is 10.3. The fourth-order valence-corrected chi connectivity index (χ4v) is 2.33. The molecule has 0 fully saturated rings. The lowest BCUT2D eigenvalue weighted by Crippen LogP contribution is -2.11. The quantitative estimate of drug-likeness (QED) is 0.843. The number of benzene rings is 2. The minimum absolute atomic E-state index is 0.298. The third-order valence-corrected chi connectivity index (χ3v) is 3.65. The van der Waals surface area contributed by atoms with Gasteiger partial charge in [0.2, 0.25) is 6.23 Å². The molecule has 0 saturated carbocycles. The first kappa shape index (κ1) is 12.1. The third kappa shape index (κ3) is 2.06. The topological polar surface area (TPSA) is 38.3 Å². The van der Waals surface area contributed by atoms with E-state index in [4.69, 9.17) is 16.3 Å². The molecule has 1 N–H and O–H groups in total. The zero-order valence-corrected chi connectivity index (χ0v) is 11.1. The van der Waals surface area contributed by atoms with Gasteiger partial charge in [-0.2, -0.15) is 0 Å². The lowest BCUT2D eigenvalue weighted by Gasteiger charge is -2.16. The number of fused-ring (bicyclic) bond motifs is 1. The van der Waals surface area contributed by atoms with Crippen molar-refractivity contribution in [2.75, 3.05) is 5.32 Å². The highest BCUT2D eigenvalue weighted by atomic mass is 35.5. The summed E-state index contributed by atoms with van der Waals surface area (Å²) in [5.74, 6) is -0.298. The number of hydrogen-bond donors (Lipinski definition) is 1. The lowest BCUT2D eigenvalue weighted by atomic mass is 10.1. The number of carbonyl (C=O) groups is 1. The summed E-state index contributed by atoms with van der Waals surface area (Å²) in [6.45, 7) is 1.92. The summed E-state index contributed by atoms with van der Waals surface area (Å²) in [4.78, 5) is 11.7. The minimum Gasteiger partial charge on any atom is -0.434 e.